The highest BCUT2D eigenvalue weighted by molar-refractivity contribution is 5.96. The Kier molecular flexibility index (Phi) is 3.36. The number of carbonyl (C=O) groups is 1. The van der Waals surface area contributed by atoms with Crippen molar-refractivity contribution in [3.63, 3.8) is 0 Å². The van der Waals surface area contributed by atoms with Crippen molar-refractivity contribution in [2.75, 3.05) is 0 Å². The Labute approximate surface area is 112 Å². The topological polar surface area (TPSA) is 45.8 Å². The molecule has 2 aromatic rings. The van der Waals surface area contributed by atoms with Crippen LogP contribution in [0.4, 0.5) is 13.2 Å². The van der Waals surface area contributed by atoms with Crippen molar-refractivity contribution in [2.24, 2.45) is 0 Å². The first kappa shape index (κ1) is 13.9. The molecule has 6 heteroatoms. The molecule has 0 aliphatic carbocycles. The molecule has 0 N–H and O–H groups in total. The third kappa shape index (κ3) is 2.57. The van der Waals surface area contributed by atoms with Crippen LogP contribution in [0, 0.1) is 18.3 Å². The van der Waals surface area contributed by atoms with E-state index in [9.17, 15) is 18.0 Å². The van der Waals surface area contributed by atoms with Gasteiger partial charge in [0.25, 0.3) is 5.91 Å². The first-order chi connectivity index (χ1) is 9.32. The van der Waals surface area contributed by atoms with E-state index in [2.05, 4.69) is 0 Å². The third-order valence-corrected chi connectivity index (χ3v) is 2.76. The van der Waals surface area contributed by atoms with Gasteiger partial charge in [-0.05, 0) is 25.1 Å². The van der Waals surface area contributed by atoms with E-state index in [-0.39, 0.29) is 11.1 Å². The number of hydrogen-bond acceptors (Lipinski definition) is 2. The van der Waals surface area contributed by atoms with Gasteiger partial charge in [-0.25, -0.2) is 0 Å². The Morgan fingerprint density at radius 1 is 1.25 bits per heavy atom. The van der Waals surface area contributed by atoms with Gasteiger partial charge in [0.2, 0.25) is 0 Å². The van der Waals surface area contributed by atoms with E-state index < -0.39 is 17.8 Å². The predicted molar refractivity (Wildman–Crippen MR) is 65.1 cm³/mol. The highest BCUT2D eigenvalue weighted by Crippen LogP contribution is 2.31. The normalized spacial score (nSPS) is 11.2. The zero-order valence-electron chi connectivity index (χ0n) is 10.4. The first-order valence-corrected chi connectivity index (χ1v) is 5.64. The van der Waals surface area contributed by atoms with E-state index >= 15 is 0 Å². The summed E-state index contributed by atoms with van der Waals surface area (Å²) in [6.07, 6.45) is -3.81. The molecule has 0 bridgehead atoms. The van der Waals surface area contributed by atoms with Crippen molar-refractivity contribution in [1.82, 2.24) is 4.57 Å². The molecule has 1 aromatic heterocycles. The number of hydrogen-bond donors (Lipinski definition) is 0. The number of nitriles is 1. The second-order valence-electron chi connectivity index (χ2n) is 4.26. The molecule has 1 heterocycles. The van der Waals surface area contributed by atoms with Crippen LogP contribution in [0.15, 0.2) is 36.5 Å². The van der Waals surface area contributed by atoms with Crippen LogP contribution < -0.4 is 0 Å². The van der Waals surface area contributed by atoms with Gasteiger partial charge in [0, 0.05) is 11.8 Å². The number of carbonyl (C=O) groups excluding carboxylic acids is 1. The number of aromatic nitrogens is 1. The molecule has 0 atom stereocenters. The van der Waals surface area contributed by atoms with Crippen LogP contribution in [0.3, 0.4) is 0 Å². The molecule has 0 radical (unpaired) electrons. The van der Waals surface area contributed by atoms with Gasteiger partial charge in [0.15, 0.2) is 0 Å². The lowest BCUT2D eigenvalue weighted by Gasteiger charge is -2.10. The average molecular weight is 278 g/mol. The van der Waals surface area contributed by atoms with Crippen LogP contribution >= 0.6 is 0 Å². The lowest BCUT2D eigenvalue weighted by atomic mass is 10.1. The molecule has 0 fully saturated rings. The summed E-state index contributed by atoms with van der Waals surface area (Å²) in [6.45, 7) is 1.80. The second-order valence-corrected chi connectivity index (χ2v) is 4.26. The minimum absolute atomic E-state index is 0.126. The number of benzene rings is 1. The summed E-state index contributed by atoms with van der Waals surface area (Å²) in [7, 11) is 0. The molecule has 1 aromatic carbocycles. The van der Waals surface area contributed by atoms with Gasteiger partial charge in [-0.15, -0.1) is 0 Å². The average Bonchev–Trinajstić information content (AvgIpc) is 2.83. The smallest absolute Gasteiger partial charge is 0.277 e. The van der Waals surface area contributed by atoms with Crippen molar-refractivity contribution in [3.8, 4) is 6.07 Å². The molecule has 0 amide bonds. The number of halogens is 3. The van der Waals surface area contributed by atoms with E-state index in [0.717, 1.165) is 11.8 Å². The summed E-state index contributed by atoms with van der Waals surface area (Å²) >= 11 is 0. The largest absolute Gasteiger partial charge is 0.431 e. The van der Waals surface area contributed by atoms with Crippen molar-refractivity contribution in [3.05, 3.63) is 58.9 Å². The zero-order chi connectivity index (χ0) is 14.9. The van der Waals surface area contributed by atoms with Gasteiger partial charge in [0.05, 0.1) is 5.56 Å². The summed E-state index contributed by atoms with van der Waals surface area (Å²) in [5, 5.41) is 8.69. The fourth-order valence-electron chi connectivity index (χ4n) is 1.75. The van der Waals surface area contributed by atoms with Gasteiger partial charge >= 0.3 is 6.18 Å². The summed E-state index contributed by atoms with van der Waals surface area (Å²) in [4.78, 5) is 12.1. The van der Waals surface area contributed by atoms with Crippen molar-refractivity contribution in [2.45, 2.75) is 13.1 Å². The highest BCUT2D eigenvalue weighted by atomic mass is 19.4. The molecular formula is C14H9F3N2O. The Bertz CT molecular complexity index is 691. The van der Waals surface area contributed by atoms with Crippen molar-refractivity contribution in [1.29, 1.82) is 5.26 Å². The van der Waals surface area contributed by atoms with Gasteiger partial charge < -0.3 is 0 Å². The molecule has 102 valence electrons. The first-order valence-electron chi connectivity index (χ1n) is 5.64. The number of aryl methyl sites for hydroxylation is 1. The van der Waals surface area contributed by atoms with Crippen molar-refractivity contribution >= 4 is 5.91 Å². The van der Waals surface area contributed by atoms with Gasteiger partial charge in [-0.2, -0.15) is 18.4 Å². The van der Waals surface area contributed by atoms with Crippen LogP contribution in [0.25, 0.3) is 0 Å². The summed E-state index contributed by atoms with van der Waals surface area (Å²) < 4.78 is 39.0. The fourth-order valence-corrected chi connectivity index (χ4v) is 1.75. The van der Waals surface area contributed by atoms with E-state index in [1.807, 2.05) is 0 Å². The van der Waals surface area contributed by atoms with Crippen LogP contribution in [-0.4, -0.2) is 10.5 Å². The molecular weight excluding hydrogens is 269 g/mol. The maximum Gasteiger partial charge on any atom is 0.431 e. The van der Waals surface area contributed by atoms with Gasteiger partial charge in [0.1, 0.15) is 11.8 Å². The molecule has 0 saturated carbocycles. The summed E-state index contributed by atoms with van der Waals surface area (Å²) in [6, 6.07) is 8.43. The Balaban J connectivity index is 2.52. The maximum atomic E-state index is 12.9. The molecule has 0 unspecified atom stereocenters. The number of rotatable bonds is 1. The van der Waals surface area contributed by atoms with Crippen LogP contribution in [0.2, 0.25) is 0 Å². The second kappa shape index (κ2) is 4.85. The molecule has 0 saturated heterocycles. The number of alkyl halides is 3. The lowest BCUT2D eigenvalue weighted by molar-refractivity contribution is -0.142. The maximum absolute atomic E-state index is 12.9. The minimum atomic E-state index is -4.70. The molecule has 0 spiro atoms. The fraction of sp³-hybridized carbons (Fsp3) is 0.143. The van der Waals surface area contributed by atoms with E-state index in [0.29, 0.717) is 10.6 Å². The quantitative estimate of drug-likeness (QED) is 0.802. The standard InChI is InChI=1S/C14H9F3N2O/c1-9-2-4-11(5-3-9)13(20)19-8-10(7-18)6-12(19)14(15,16)17/h2-6,8H,1H3. The van der Waals surface area contributed by atoms with Gasteiger partial charge in [-0.1, -0.05) is 17.7 Å². The third-order valence-electron chi connectivity index (χ3n) is 2.76. The highest BCUT2D eigenvalue weighted by Gasteiger charge is 2.36. The molecule has 0 aliphatic heterocycles. The van der Waals surface area contributed by atoms with E-state index in [1.54, 1.807) is 25.1 Å². The lowest BCUT2D eigenvalue weighted by Crippen LogP contribution is -2.19. The van der Waals surface area contributed by atoms with E-state index in [1.165, 1.54) is 12.1 Å². The molecule has 3 nitrogen and oxygen atoms in total. The summed E-state index contributed by atoms with van der Waals surface area (Å²) in [5.74, 6) is -0.821. The van der Waals surface area contributed by atoms with Crippen LogP contribution in [0.1, 0.15) is 27.2 Å². The SMILES string of the molecule is Cc1ccc(C(=O)n2cc(C#N)cc2C(F)(F)F)cc1. The molecule has 0 aliphatic rings. The number of nitrogens with zero attached hydrogens (tertiary/aromatic N) is 2. The Morgan fingerprint density at radius 2 is 1.85 bits per heavy atom. The zero-order valence-corrected chi connectivity index (χ0v) is 10.4. The molecule has 20 heavy (non-hydrogen) atoms. The van der Waals surface area contributed by atoms with Crippen molar-refractivity contribution < 1.29 is 18.0 Å². The Hall–Kier alpha value is -2.55. The predicted octanol–water partition coefficient (Wildman–Crippen LogP) is 3.38. The van der Waals surface area contributed by atoms with Gasteiger partial charge in [-0.3, -0.25) is 9.36 Å². The monoisotopic (exact) mass is 278 g/mol. The summed E-state index contributed by atoms with van der Waals surface area (Å²) in [5.41, 5.74) is -0.346. The van der Waals surface area contributed by atoms with Crippen LogP contribution in [-0.2, 0) is 6.18 Å². The minimum Gasteiger partial charge on any atom is -0.277 e. The van der Waals surface area contributed by atoms with E-state index in [4.69, 9.17) is 5.26 Å². The Morgan fingerprint density at radius 3 is 2.35 bits per heavy atom. The molecule has 2 rings (SSSR count). The van der Waals surface area contributed by atoms with Crippen LogP contribution in [0.5, 0.6) is 0 Å².